The average molecular weight is 575 g/mol. The van der Waals surface area contributed by atoms with Gasteiger partial charge in [0.2, 0.25) is 0 Å². The fourth-order valence-electron chi connectivity index (χ4n) is 2.61. The number of nitrogens with two attached hydrogens (primary N) is 1. The van der Waals surface area contributed by atoms with Crippen molar-refractivity contribution in [3.05, 3.63) is 52.5 Å². The first-order chi connectivity index (χ1) is 13.6. The topological polar surface area (TPSA) is 98.0 Å². The van der Waals surface area contributed by atoms with Crippen molar-refractivity contribution in [2.45, 2.75) is 12.8 Å². The number of benzene rings is 2. The fourth-order valence-corrected chi connectivity index (χ4v) is 2.88. The lowest BCUT2D eigenvalue weighted by Gasteiger charge is -2.10. The molecule has 2 aromatic rings. The molecule has 1 aliphatic heterocycles. The minimum Gasteiger partial charge on any atom is -0.490 e. The van der Waals surface area contributed by atoms with Gasteiger partial charge in [-0.3, -0.25) is 9.79 Å². The summed E-state index contributed by atoms with van der Waals surface area (Å²) in [6.45, 7) is 2.31. The number of amides is 1. The number of halogens is 2. The predicted octanol–water partition coefficient (Wildman–Crippen LogP) is 3.78. The number of carbonyl (C=O) groups is 1. The van der Waals surface area contributed by atoms with E-state index in [4.69, 9.17) is 15.2 Å². The number of anilines is 1. The summed E-state index contributed by atoms with van der Waals surface area (Å²) >= 11 is 3.35. The standard InChI is InChI=1S/C20H23BrN4O3.HI/c21-15-5-3-14(4-6-15)19(26)23-9-1-10-24-20(22)25-16-7-8-17-18(13-16)28-12-2-11-27-17;/h3-8,13H,1-2,9-12H2,(H,23,26)(H3,22,24,25);1H. The van der Waals surface area contributed by atoms with Crippen LogP contribution in [-0.2, 0) is 0 Å². The summed E-state index contributed by atoms with van der Waals surface area (Å²) in [6, 6.07) is 12.8. The third-order valence-corrected chi connectivity index (χ3v) is 4.56. The maximum Gasteiger partial charge on any atom is 0.251 e. The molecule has 0 bridgehead atoms. The average Bonchev–Trinajstić information content (AvgIpc) is 2.93. The minimum absolute atomic E-state index is 0. The molecule has 156 valence electrons. The Morgan fingerprint density at radius 2 is 1.83 bits per heavy atom. The normalized spacial score (nSPS) is 13.1. The van der Waals surface area contributed by atoms with Crippen LogP contribution in [0.3, 0.4) is 0 Å². The molecule has 3 rings (SSSR count). The molecule has 2 aromatic carbocycles. The number of hydrogen-bond donors (Lipinski definition) is 3. The molecular weight excluding hydrogens is 551 g/mol. The van der Waals surface area contributed by atoms with E-state index in [1.165, 1.54) is 0 Å². The molecule has 0 unspecified atom stereocenters. The van der Waals surface area contributed by atoms with Gasteiger partial charge in [-0.05, 0) is 42.8 Å². The Kier molecular flexibility index (Phi) is 9.52. The van der Waals surface area contributed by atoms with Gasteiger partial charge < -0.3 is 25.8 Å². The van der Waals surface area contributed by atoms with E-state index in [-0.39, 0.29) is 29.9 Å². The summed E-state index contributed by atoms with van der Waals surface area (Å²) in [6.07, 6.45) is 1.55. The van der Waals surface area contributed by atoms with E-state index >= 15 is 0 Å². The first kappa shape index (κ1) is 23.3. The first-order valence-electron chi connectivity index (χ1n) is 9.12. The van der Waals surface area contributed by atoms with E-state index in [9.17, 15) is 4.79 Å². The van der Waals surface area contributed by atoms with Crippen molar-refractivity contribution in [2.75, 3.05) is 31.6 Å². The Labute approximate surface area is 195 Å². The van der Waals surface area contributed by atoms with Gasteiger partial charge in [-0.25, -0.2) is 0 Å². The van der Waals surface area contributed by atoms with Gasteiger partial charge in [-0.1, -0.05) is 15.9 Å². The molecule has 1 aliphatic rings. The Morgan fingerprint density at radius 1 is 1.10 bits per heavy atom. The zero-order chi connectivity index (χ0) is 19.8. The lowest BCUT2D eigenvalue weighted by Crippen LogP contribution is -2.26. The molecule has 0 atom stereocenters. The number of nitrogens with one attached hydrogen (secondary N) is 2. The lowest BCUT2D eigenvalue weighted by molar-refractivity contribution is 0.0953. The summed E-state index contributed by atoms with van der Waals surface area (Å²) in [4.78, 5) is 16.3. The number of rotatable bonds is 6. The molecule has 0 saturated heterocycles. The van der Waals surface area contributed by atoms with Crippen molar-refractivity contribution in [3.8, 4) is 11.5 Å². The van der Waals surface area contributed by atoms with E-state index in [1.807, 2.05) is 30.3 Å². The Bertz CT molecular complexity index is 846. The monoisotopic (exact) mass is 574 g/mol. The Morgan fingerprint density at radius 3 is 2.59 bits per heavy atom. The highest BCUT2D eigenvalue weighted by Crippen LogP contribution is 2.32. The van der Waals surface area contributed by atoms with Gasteiger partial charge in [0, 0.05) is 41.3 Å². The number of ether oxygens (including phenoxy) is 2. The van der Waals surface area contributed by atoms with Crippen LogP contribution < -0.4 is 25.8 Å². The number of nitrogens with zero attached hydrogens (tertiary/aromatic N) is 1. The highest BCUT2D eigenvalue weighted by atomic mass is 127. The summed E-state index contributed by atoms with van der Waals surface area (Å²) in [5.41, 5.74) is 7.35. The molecule has 1 amide bonds. The number of hydrogen-bond acceptors (Lipinski definition) is 4. The maximum atomic E-state index is 12.0. The van der Waals surface area contributed by atoms with E-state index in [2.05, 4.69) is 31.6 Å². The van der Waals surface area contributed by atoms with Crippen LogP contribution >= 0.6 is 39.9 Å². The van der Waals surface area contributed by atoms with E-state index < -0.39 is 0 Å². The largest absolute Gasteiger partial charge is 0.490 e. The molecule has 0 aromatic heterocycles. The number of guanidine groups is 1. The van der Waals surface area contributed by atoms with Gasteiger partial charge in [0.1, 0.15) is 0 Å². The van der Waals surface area contributed by atoms with E-state index in [1.54, 1.807) is 12.1 Å². The number of carbonyl (C=O) groups excluding carboxylic acids is 1. The molecule has 7 nitrogen and oxygen atoms in total. The van der Waals surface area contributed by atoms with Crippen LogP contribution in [0.25, 0.3) is 0 Å². The maximum absolute atomic E-state index is 12.0. The molecule has 1 heterocycles. The van der Waals surface area contributed by atoms with Gasteiger partial charge in [-0.15, -0.1) is 24.0 Å². The zero-order valence-electron chi connectivity index (χ0n) is 15.8. The molecule has 9 heteroatoms. The summed E-state index contributed by atoms with van der Waals surface area (Å²) in [5.74, 6) is 1.65. The van der Waals surface area contributed by atoms with Crippen LogP contribution in [0.2, 0.25) is 0 Å². The second-order valence-electron chi connectivity index (χ2n) is 6.22. The molecule has 0 aliphatic carbocycles. The third kappa shape index (κ3) is 7.39. The van der Waals surface area contributed by atoms with Crippen molar-refractivity contribution in [3.63, 3.8) is 0 Å². The molecular formula is C20H24BrIN4O3. The smallest absolute Gasteiger partial charge is 0.251 e. The highest BCUT2D eigenvalue weighted by molar-refractivity contribution is 14.0. The number of fused-ring (bicyclic) bond motifs is 1. The van der Waals surface area contributed by atoms with Crippen LogP contribution in [0.1, 0.15) is 23.2 Å². The zero-order valence-corrected chi connectivity index (χ0v) is 19.7. The second-order valence-corrected chi connectivity index (χ2v) is 7.14. The van der Waals surface area contributed by atoms with Crippen LogP contribution in [0.15, 0.2) is 51.9 Å². The van der Waals surface area contributed by atoms with Crippen molar-refractivity contribution >= 4 is 57.5 Å². The van der Waals surface area contributed by atoms with Crippen LogP contribution in [0.5, 0.6) is 11.5 Å². The van der Waals surface area contributed by atoms with Gasteiger partial charge >= 0.3 is 0 Å². The summed E-state index contributed by atoms with van der Waals surface area (Å²) in [5, 5.41) is 5.91. The van der Waals surface area contributed by atoms with Gasteiger partial charge in [0.15, 0.2) is 17.5 Å². The fraction of sp³-hybridized carbons (Fsp3) is 0.300. The van der Waals surface area contributed by atoms with Crippen LogP contribution in [0, 0.1) is 0 Å². The van der Waals surface area contributed by atoms with E-state index in [0.29, 0.717) is 50.0 Å². The quantitative estimate of drug-likeness (QED) is 0.211. The SMILES string of the molecule is I.NC(=NCCCNC(=O)c1ccc(Br)cc1)Nc1ccc2c(c1)OCCCO2. The van der Waals surface area contributed by atoms with Crippen molar-refractivity contribution < 1.29 is 14.3 Å². The lowest BCUT2D eigenvalue weighted by atomic mass is 10.2. The van der Waals surface area contributed by atoms with E-state index in [0.717, 1.165) is 22.3 Å². The Hall–Kier alpha value is -2.01. The van der Waals surface area contributed by atoms with Crippen molar-refractivity contribution in [2.24, 2.45) is 10.7 Å². The van der Waals surface area contributed by atoms with Crippen molar-refractivity contribution in [1.82, 2.24) is 5.32 Å². The molecule has 0 saturated carbocycles. The minimum atomic E-state index is -0.102. The summed E-state index contributed by atoms with van der Waals surface area (Å²) in [7, 11) is 0. The first-order valence-corrected chi connectivity index (χ1v) is 9.91. The van der Waals surface area contributed by atoms with Crippen LogP contribution in [-0.4, -0.2) is 38.2 Å². The van der Waals surface area contributed by atoms with Crippen molar-refractivity contribution in [1.29, 1.82) is 0 Å². The van der Waals surface area contributed by atoms with Crippen LogP contribution in [0.4, 0.5) is 5.69 Å². The molecule has 0 fully saturated rings. The van der Waals surface area contributed by atoms with Gasteiger partial charge in [0.05, 0.1) is 13.2 Å². The molecule has 0 spiro atoms. The van der Waals surface area contributed by atoms with Gasteiger partial charge in [0.25, 0.3) is 5.91 Å². The second kappa shape index (κ2) is 11.9. The number of aliphatic imine (C=N–C) groups is 1. The molecule has 4 N–H and O–H groups in total. The molecule has 29 heavy (non-hydrogen) atoms. The summed E-state index contributed by atoms with van der Waals surface area (Å²) < 4.78 is 12.2. The van der Waals surface area contributed by atoms with Gasteiger partial charge in [-0.2, -0.15) is 0 Å². The molecule has 0 radical (unpaired) electrons. The Balaban J connectivity index is 0.00000300. The predicted molar refractivity (Wildman–Crippen MR) is 129 cm³/mol. The highest BCUT2D eigenvalue weighted by Gasteiger charge is 2.11. The third-order valence-electron chi connectivity index (χ3n) is 4.03.